The molecule has 0 aromatic heterocycles. The number of aryl methyl sites for hydroxylation is 1. The lowest BCUT2D eigenvalue weighted by molar-refractivity contribution is -0.118. The average molecular weight is 324 g/mol. The average Bonchev–Trinajstić information content (AvgIpc) is 3.11. The molecule has 126 valence electrons. The van der Waals surface area contributed by atoms with E-state index in [4.69, 9.17) is 4.74 Å². The van der Waals surface area contributed by atoms with Crippen LogP contribution in [0.3, 0.4) is 0 Å². The smallest absolute Gasteiger partial charge is 0.262 e. The fourth-order valence-electron chi connectivity index (χ4n) is 2.98. The Hall–Kier alpha value is -2.49. The third-order valence-electron chi connectivity index (χ3n) is 4.51. The topological polar surface area (TPSA) is 41.6 Å². The van der Waals surface area contributed by atoms with E-state index in [1.165, 1.54) is 18.5 Å². The highest BCUT2D eigenvalue weighted by Crippen LogP contribution is 2.23. The molecule has 24 heavy (non-hydrogen) atoms. The van der Waals surface area contributed by atoms with Gasteiger partial charge in [-0.1, -0.05) is 18.2 Å². The summed E-state index contributed by atoms with van der Waals surface area (Å²) >= 11 is 0. The molecule has 1 fully saturated rings. The molecule has 3 rings (SSSR count). The normalized spacial score (nSPS) is 13.8. The second-order valence-corrected chi connectivity index (χ2v) is 6.28. The number of anilines is 2. The standard InChI is InChI=1S/C20H24N2O2/c1-15-7-5-10-19(16(15)2)24-14-20(23)21-17-8-6-9-18(13-17)22-11-3-4-12-22/h5-10,13H,3-4,11-12,14H2,1-2H3,(H,21,23). The summed E-state index contributed by atoms with van der Waals surface area (Å²) in [7, 11) is 0. The largest absolute Gasteiger partial charge is 0.483 e. The molecule has 4 nitrogen and oxygen atoms in total. The number of rotatable bonds is 5. The molecule has 1 aliphatic rings. The van der Waals surface area contributed by atoms with Crippen molar-refractivity contribution in [3.8, 4) is 5.75 Å². The third-order valence-corrected chi connectivity index (χ3v) is 4.51. The van der Waals surface area contributed by atoms with Crippen LogP contribution in [0.1, 0.15) is 24.0 Å². The van der Waals surface area contributed by atoms with Crippen molar-refractivity contribution < 1.29 is 9.53 Å². The lowest BCUT2D eigenvalue weighted by Gasteiger charge is -2.18. The number of ether oxygens (including phenoxy) is 1. The van der Waals surface area contributed by atoms with Crippen LogP contribution in [0.25, 0.3) is 0 Å². The Labute approximate surface area is 143 Å². The Morgan fingerprint density at radius 1 is 1.12 bits per heavy atom. The first kappa shape index (κ1) is 16.4. The molecule has 0 radical (unpaired) electrons. The molecule has 2 aromatic rings. The number of nitrogens with zero attached hydrogens (tertiary/aromatic N) is 1. The maximum atomic E-state index is 12.2. The maximum absolute atomic E-state index is 12.2. The van der Waals surface area contributed by atoms with Gasteiger partial charge in [-0.05, 0) is 62.1 Å². The van der Waals surface area contributed by atoms with Gasteiger partial charge in [0.25, 0.3) is 5.91 Å². The van der Waals surface area contributed by atoms with Crippen molar-refractivity contribution in [2.24, 2.45) is 0 Å². The van der Waals surface area contributed by atoms with Gasteiger partial charge in [0, 0.05) is 24.5 Å². The van der Waals surface area contributed by atoms with E-state index in [0.717, 1.165) is 35.7 Å². The van der Waals surface area contributed by atoms with Crippen LogP contribution in [0, 0.1) is 13.8 Å². The summed E-state index contributed by atoms with van der Waals surface area (Å²) in [5.74, 6) is 0.616. The minimum absolute atomic E-state index is 0.0121. The van der Waals surface area contributed by atoms with Crippen molar-refractivity contribution in [1.82, 2.24) is 0 Å². The highest BCUT2D eigenvalue weighted by atomic mass is 16.5. The van der Waals surface area contributed by atoms with Crippen molar-refractivity contribution >= 4 is 17.3 Å². The van der Waals surface area contributed by atoms with Crippen LogP contribution in [0.5, 0.6) is 5.75 Å². The summed E-state index contributed by atoms with van der Waals surface area (Å²) in [5, 5.41) is 2.92. The third kappa shape index (κ3) is 3.88. The fraction of sp³-hybridized carbons (Fsp3) is 0.350. The van der Waals surface area contributed by atoms with Gasteiger partial charge in [-0.3, -0.25) is 4.79 Å². The van der Waals surface area contributed by atoms with Gasteiger partial charge in [-0.15, -0.1) is 0 Å². The van der Waals surface area contributed by atoms with Crippen LogP contribution in [-0.2, 0) is 4.79 Å². The van der Waals surface area contributed by atoms with Crippen molar-refractivity contribution in [1.29, 1.82) is 0 Å². The van der Waals surface area contributed by atoms with Crippen molar-refractivity contribution in [2.75, 3.05) is 29.9 Å². The van der Waals surface area contributed by atoms with E-state index >= 15 is 0 Å². The Morgan fingerprint density at radius 3 is 2.67 bits per heavy atom. The molecule has 0 bridgehead atoms. The number of carbonyl (C=O) groups is 1. The molecule has 0 saturated carbocycles. The summed E-state index contributed by atoms with van der Waals surface area (Å²) in [6.07, 6.45) is 2.47. The summed E-state index contributed by atoms with van der Waals surface area (Å²) in [6.45, 7) is 6.23. The van der Waals surface area contributed by atoms with Gasteiger partial charge >= 0.3 is 0 Å². The van der Waals surface area contributed by atoms with E-state index in [-0.39, 0.29) is 12.5 Å². The lowest BCUT2D eigenvalue weighted by atomic mass is 10.1. The van der Waals surface area contributed by atoms with E-state index in [2.05, 4.69) is 16.3 Å². The summed E-state index contributed by atoms with van der Waals surface area (Å²) < 4.78 is 5.66. The number of carbonyl (C=O) groups excluding carboxylic acids is 1. The molecule has 0 unspecified atom stereocenters. The van der Waals surface area contributed by atoms with E-state index < -0.39 is 0 Å². The van der Waals surface area contributed by atoms with Gasteiger partial charge in [0.2, 0.25) is 0 Å². The first-order chi connectivity index (χ1) is 11.6. The summed E-state index contributed by atoms with van der Waals surface area (Å²) in [5.41, 5.74) is 4.21. The number of nitrogens with one attached hydrogen (secondary N) is 1. The van der Waals surface area contributed by atoms with Gasteiger partial charge in [-0.2, -0.15) is 0 Å². The number of hydrogen-bond donors (Lipinski definition) is 1. The molecule has 1 N–H and O–H groups in total. The predicted molar refractivity (Wildman–Crippen MR) is 97.9 cm³/mol. The molecule has 0 atom stereocenters. The Morgan fingerprint density at radius 2 is 1.88 bits per heavy atom. The Balaban J connectivity index is 1.58. The van der Waals surface area contributed by atoms with Crippen LogP contribution in [-0.4, -0.2) is 25.6 Å². The predicted octanol–water partition coefficient (Wildman–Crippen LogP) is 3.92. The van der Waals surface area contributed by atoms with Crippen molar-refractivity contribution in [3.05, 3.63) is 53.6 Å². The second-order valence-electron chi connectivity index (χ2n) is 6.28. The Bertz CT molecular complexity index is 721. The maximum Gasteiger partial charge on any atom is 0.262 e. The summed E-state index contributed by atoms with van der Waals surface area (Å²) in [6, 6.07) is 13.9. The zero-order valence-corrected chi connectivity index (χ0v) is 14.3. The minimum atomic E-state index is -0.144. The molecule has 1 aliphatic heterocycles. The molecule has 1 heterocycles. The van der Waals surface area contributed by atoms with Crippen molar-refractivity contribution in [2.45, 2.75) is 26.7 Å². The number of amides is 1. The molecule has 0 spiro atoms. The van der Waals surface area contributed by atoms with E-state index in [1.807, 2.05) is 50.2 Å². The molecule has 1 amide bonds. The van der Waals surface area contributed by atoms with Gasteiger partial charge in [0.1, 0.15) is 5.75 Å². The first-order valence-electron chi connectivity index (χ1n) is 8.47. The number of hydrogen-bond acceptors (Lipinski definition) is 3. The molecule has 2 aromatic carbocycles. The van der Waals surface area contributed by atoms with E-state index in [9.17, 15) is 4.79 Å². The SMILES string of the molecule is Cc1cccc(OCC(=O)Nc2cccc(N3CCCC3)c2)c1C. The quantitative estimate of drug-likeness (QED) is 0.906. The fourth-order valence-corrected chi connectivity index (χ4v) is 2.98. The van der Waals surface area contributed by atoms with Gasteiger partial charge in [0.15, 0.2) is 6.61 Å². The molecular formula is C20H24N2O2. The second kappa shape index (κ2) is 7.39. The van der Waals surface area contributed by atoms with Crippen LogP contribution >= 0.6 is 0 Å². The number of benzene rings is 2. The highest BCUT2D eigenvalue weighted by Gasteiger charge is 2.13. The lowest BCUT2D eigenvalue weighted by Crippen LogP contribution is -2.21. The van der Waals surface area contributed by atoms with Gasteiger partial charge < -0.3 is 15.0 Å². The van der Waals surface area contributed by atoms with Gasteiger partial charge in [-0.25, -0.2) is 0 Å². The van der Waals surface area contributed by atoms with Crippen LogP contribution in [0.15, 0.2) is 42.5 Å². The molecule has 4 heteroatoms. The van der Waals surface area contributed by atoms with Crippen LogP contribution in [0.2, 0.25) is 0 Å². The van der Waals surface area contributed by atoms with Gasteiger partial charge in [0.05, 0.1) is 0 Å². The zero-order valence-electron chi connectivity index (χ0n) is 14.3. The monoisotopic (exact) mass is 324 g/mol. The molecular weight excluding hydrogens is 300 g/mol. The van der Waals surface area contributed by atoms with Crippen LogP contribution < -0.4 is 15.0 Å². The Kier molecular flexibility index (Phi) is 5.04. The van der Waals surface area contributed by atoms with Crippen LogP contribution in [0.4, 0.5) is 11.4 Å². The first-order valence-corrected chi connectivity index (χ1v) is 8.47. The summed E-state index contributed by atoms with van der Waals surface area (Å²) in [4.78, 5) is 14.5. The molecule has 1 saturated heterocycles. The highest BCUT2D eigenvalue weighted by molar-refractivity contribution is 5.92. The van der Waals surface area contributed by atoms with E-state index in [0.29, 0.717) is 0 Å². The van der Waals surface area contributed by atoms with Crippen molar-refractivity contribution in [3.63, 3.8) is 0 Å². The molecule has 0 aliphatic carbocycles. The van der Waals surface area contributed by atoms with E-state index in [1.54, 1.807) is 0 Å². The minimum Gasteiger partial charge on any atom is -0.483 e. The zero-order chi connectivity index (χ0) is 16.9.